The Morgan fingerprint density at radius 1 is 1.15 bits per heavy atom. The van der Waals surface area contributed by atoms with Gasteiger partial charge in [-0.2, -0.15) is 0 Å². The number of nitrogens with zero attached hydrogens (tertiary/aromatic N) is 1. The summed E-state index contributed by atoms with van der Waals surface area (Å²) >= 11 is 0. The molecule has 0 spiro atoms. The van der Waals surface area contributed by atoms with Gasteiger partial charge in [0.25, 0.3) is 5.91 Å². The first-order valence-electron chi connectivity index (χ1n) is 8.92. The molecule has 0 saturated carbocycles. The van der Waals surface area contributed by atoms with Crippen LogP contribution < -0.4 is 5.32 Å². The highest BCUT2D eigenvalue weighted by Crippen LogP contribution is 2.07. The van der Waals surface area contributed by atoms with Crippen LogP contribution in [0.3, 0.4) is 0 Å². The Morgan fingerprint density at radius 3 is 2.48 bits per heavy atom. The maximum atomic E-state index is 12.3. The summed E-state index contributed by atoms with van der Waals surface area (Å²) in [4.78, 5) is 41.0. The molecule has 1 atom stereocenters. The summed E-state index contributed by atoms with van der Waals surface area (Å²) in [5.74, 6) is -0.946. The summed E-state index contributed by atoms with van der Waals surface area (Å²) in [5, 5.41) is 3.47. The number of nitrogens with one attached hydrogen (secondary N) is 1. The van der Waals surface area contributed by atoms with Crippen molar-refractivity contribution >= 4 is 18.0 Å². The normalized spacial score (nSPS) is 11.4. The molecule has 0 aliphatic rings. The molecule has 0 fully saturated rings. The molecule has 8 nitrogen and oxygen atoms in total. The number of alkyl carbamates (subject to hydrolysis) is 1. The second-order valence-corrected chi connectivity index (χ2v) is 5.89. The molecule has 0 saturated heterocycles. The van der Waals surface area contributed by atoms with Crippen LogP contribution in [0.25, 0.3) is 0 Å². The van der Waals surface area contributed by atoms with E-state index in [-0.39, 0.29) is 26.1 Å². The summed E-state index contributed by atoms with van der Waals surface area (Å²) in [6.07, 6.45) is 0.952. The lowest BCUT2D eigenvalue weighted by Gasteiger charge is -2.22. The fraction of sp³-hybridized carbons (Fsp3) is 0.526. The van der Waals surface area contributed by atoms with Gasteiger partial charge in [-0.05, 0) is 18.4 Å². The van der Waals surface area contributed by atoms with Crippen LogP contribution in [0.1, 0.15) is 38.2 Å². The van der Waals surface area contributed by atoms with E-state index < -0.39 is 24.0 Å². The molecule has 1 aromatic rings. The third-order valence-electron chi connectivity index (χ3n) is 3.79. The third-order valence-corrected chi connectivity index (χ3v) is 3.79. The molecular weight excluding hydrogens is 352 g/mol. The van der Waals surface area contributed by atoms with E-state index in [0.29, 0.717) is 0 Å². The van der Waals surface area contributed by atoms with Crippen molar-refractivity contribution in [2.24, 2.45) is 0 Å². The maximum Gasteiger partial charge on any atom is 0.407 e. The number of hydrogen-bond donors (Lipinski definition) is 1. The van der Waals surface area contributed by atoms with Gasteiger partial charge in [0.05, 0.1) is 13.7 Å². The van der Waals surface area contributed by atoms with E-state index in [0.717, 1.165) is 23.5 Å². The highest BCUT2D eigenvalue weighted by Gasteiger charge is 2.26. The zero-order valence-electron chi connectivity index (χ0n) is 16.1. The van der Waals surface area contributed by atoms with E-state index in [1.54, 1.807) is 0 Å². The zero-order chi connectivity index (χ0) is 20.1. The van der Waals surface area contributed by atoms with Crippen molar-refractivity contribution in [2.45, 2.75) is 45.3 Å². The summed E-state index contributed by atoms with van der Waals surface area (Å²) in [6, 6.07) is 8.33. The van der Waals surface area contributed by atoms with Gasteiger partial charge in [-0.25, -0.2) is 9.86 Å². The minimum Gasteiger partial charge on any atom is -0.461 e. The minimum atomic E-state index is -0.951. The molecule has 8 heteroatoms. The zero-order valence-corrected chi connectivity index (χ0v) is 16.1. The first-order valence-corrected chi connectivity index (χ1v) is 8.92. The van der Waals surface area contributed by atoms with Gasteiger partial charge in [0.2, 0.25) is 0 Å². The van der Waals surface area contributed by atoms with Crippen LogP contribution in [0.4, 0.5) is 4.79 Å². The van der Waals surface area contributed by atoms with Crippen molar-refractivity contribution < 1.29 is 28.7 Å². The van der Waals surface area contributed by atoms with Crippen LogP contribution in [0.5, 0.6) is 0 Å². The Morgan fingerprint density at radius 2 is 1.85 bits per heavy atom. The van der Waals surface area contributed by atoms with Gasteiger partial charge in [-0.3, -0.25) is 14.4 Å². The van der Waals surface area contributed by atoms with Crippen molar-refractivity contribution in [3.63, 3.8) is 0 Å². The molecule has 2 amide bonds. The van der Waals surface area contributed by atoms with Crippen LogP contribution in [-0.2, 0) is 30.5 Å². The lowest BCUT2D eigenvalue weighted by Crippen LogP contribution is -2.47. The predicted octanol–water partition coefficient (Wildman–Crippen LogP) is 2.42. The van der Waals surface area contributed by atoms with E-state index >= 15 is 0 Å². The summed E-state index contributed by atoms with van der Waals surface area (Å²) < 4.78 is 10.2. The van der Waals surface area contributed by atoms with Crippen LogP contribution in [0, 0.1) is 0 Å². The number of carbonyl (C=O) groups is 3. The van der Waals surface area contributed by atoms with E-state index in [1.807, 2.05) is 37.3 Å². The summed E-state index contributed by atoms with van der Waals surface area (Å²) in [5.41, 5.74) is 0.871. The van der Waals surface area contributed by atoms with Crippen molar-refractivity contribution in [1.29, 1.82) is 0 Å². The van der Waals surface area contributed by atoms with Crippen molar-refractivity contribution in [1.82, 2.24) is 10.4 Å². The van der Waals surface area contributed by atoms with E-state index in [9.17, 15) is 14.4 Å². The van der Waals surface area contributed by atoms with Crippen molar-refractivity contribution in [3.8, 4) is 0 Å². The molecule has 1 rings (SSSR count). The first-order chi connectivity index (χ1) is 13.0. The van der Waals surface area contributed by atoms with Gasteiger partial charge in [0, 0.05) is 13.5 Å². The monoisotopic (exact) mass is 380 g/mol. The molecule has 1 unspecified atom stereocenters. The molecule has 0 aliphatic heterocycles. The lowest BCUT2D eigenvalue weighted by atomic mass is 10.1. The topological polar surface area (TPSA) is 94.2 Å². The van der Waals surface area contributed by atoms with Gasteiger partial charge in [-0.15, -0.1) is 0 Å². The Bertz CT molecular complexity index is 593. The summed E-state index contributed by atoms with van der Waals surface area (Å²) in [7, 11) is 2.76. The second-order valence-electron chi connectivity index (χ2n) is 5.89. The van der Waals surface area contributed by atoms with Gasteiger partial charge in [-0.1, -0.05) is 43.7 Å². The SMILES string of the molecule is CCCCOC(=O)NC(CCC(=O)OCc1ccccc1)C(=O)N(C)OC. The average Bonchev–Trinajstić information content (AvgIpc) is 2.69. The highest BCUT2D eigenvalue weighted by molar-refractivity contribution is 5.85. The average molecular weight is 380 g/mol. The van der Waals surface area contributed by atoms with Crippen LogP contribution in [0.2, 0.25) is 0 Å². The Kier molecular flexibility index (Phi) is 10.5. The minimum absolute atomic E-state index is 0.0317. The maximum absolute atomic E-state index is 12.3. The molecule has 0 bridgehead atoms. The second kappa shape index (κ2) is 12.7. The van der Waals surface area contributed by atoms with Gasteiger partial charge in [0.15, 0.2) is 0 Å². The number of hydroxylamine groups is 2. The van der Waals surface area contributed by atoms with Crippen molar-refractivity contribution in [2.75, 3.05) is 20.8 Å². The Labute approximate surface area is 159 Å². The smallest absolute Gasteiger partial charge is 0.407 e. The van der Waals surface area contributed by atoms with Crippen LogP contribution in [-0.4, -0.2) is 49.8 Å². The van der Waals surface area contributed by atoms with Crippen LogP contribution in [0.15, 0.2) is 30.3 Å². The predicted molar refractivity (Wildman–Crippen MR) is 98.4 cm³/mol. The number of likely N-dealkylation sites (N-methyl/N-ethyl adjacent to an activating group) is 1. The quantitative estimate of drug-likeness (QED) is 0.360. The van der Waals surface area contributed by atoms with E-state index in [4.69, 9.17) is 14.3 Å². The fourth-order valence-electron chi connectivity index (χ4n) is 2.13. The number of benzene rings is 1. The van der Waals surface area contributed by atoms with Gasteiger partial charge < -0.3 is 14.8 Å². The fourth-order valence-corrected chi connectivity index (χ4v) is 2.13. The number of ether oxygens (including phenoxy) is 2. The van der Waals surface area contributed by atoms with E-state index in [2.05, 4.69) is 5.32 Å². The molecule has 0 aromatic heterocycles. The first kappa shape index (κ1) is 22.4. The van der Waals surface area contributed by atoms with Crippen LogP contribution >= 0.6 is 0 Å². The standard InChI is InChI=1S/C19H28N2O6/c1-4-5-13-26-19(24)20-16(18(23)21(2)25-3)11-12-17(22)27-14-15-9-7-6-8-10-15/h6-10,16H,4-5,11-14H2,1-3H3,(H,20,24). The number of rotatable bonds is 11. The summed E-state index contributed by atoms with van der Waals surface area (Å²) in [6.45, 7) is 2.40. The number of unbranched alkanes of at least 4 members (excludes halogenated alkanes) is 1. The molecule has 1 aromatic carbocycles. The number of hydrogen-bond acceptors (Lipinski definition) is 6. The number of esters is 1. The van der Waals surface area contributed by atoms with Gasteiger partial charge in [0.1, 0.15) is 12.6 Å². The van der Waals surface area contributed by atoms with E-state index in [1.165, 1.54) is 14.2 Å². The van der Waals surface area contributed by atoms with Gasteiger partial charge >= 0.3 is 12.1 Å². The molecular formula is C19H28N2O6. The molecule has 0 radical (unpaired) electrons. The number of carbonyl (C=O) groups excluding carboxylic acids is 3. The molecule has 1 N–H and O–H groups in total. The largest absolute Gasteiger partial charge is 0.461 e. The Hall–Kier alpha value is -2.61. The molecule has 150 valence electrons. The highest BCUT2D eigenvalue weighted by atomic mass is 16.7. The lowest BCUT2D eigenvalue weighted by molar-refractivity contribution is -0.171. The molecule has 27 heavy (non-hydrogen) atoms. The Balaban J connectivity index is 2.52. The number of amides is 2. The third kappa shape index (κ3) is 9.05. The molecule has 0 heterocycles. The van der Waals surface area contributed by atoms with Crippen molar-refractivity contribution in [3.05, 3.63) is 35.9 Å². The molecule has 0 aliphatic carbocycles.